The summed E-state index contributed by atoms with van der Waals surface area (Å²) in [4.78, 5) is 60.5. The summed E-state index contributed by atoms with van der Waals surface area (Å²) in [6.45, 7) is 0. The fourth-order valence-electron chi connectivity index (χ4n) is 2.98. The summed E-state index contributed by atoms with van der Waals surface area (Å²) in [5.41, 5.74) is 6.48. The minimum absolute atomic E-state index is 0.0820. The zero-order chi connectivity index (χ0) is 26.4. The SMILES string of the molecule is CSCCC(NC(=O)C(N)CCC(=O)O)C(=O)NC(Cc1ccccc1)C(=O)NC(CS)C(=O)O. The van der Waals surface area contributed by atoms with Crippen molar-refractivity contribution in [2.45, 2.75) is 49.9 Å². The normalized spacial score (nSPS) is 14.1. The number of thiol groups is 1. The van der Waals surface area contributed by atoms with E-state index in [1.807, 2.05) is 6.26 Å². The largest absolute Gasteiger partial charge is 0.481 e. The molecule has 13 heteroatoms. The molecule has 194 valence electrons. The van der Waals surface area contributed by atoms with Gasteiger partial charge in [-0.2, -0.15) is 24.4 Å². The van der Waals surface area contributed by atoms with Gasteiger partial charge in [0.05, 0.1) is 6.04 Å². The van der Waals surface area contributed by atoms with Crippen molar-refractivity contribution in [2.75, 3.05) is 17.8 Å². The van der Waals surface area contributed by atoms with Crippen molar-refractivity contribution in [3.8, 4) is 0 Å². The van der Waals surface area contributed by atoms with Crippen molar-refractivity contribution in [1.29, 1.82) is 0 Å². The maximum absolute atomic E-state index is 13.1. The van der Waals surface area contributed by atoms with Gasteiger partial charge in [0.15, 0.2) is 0 Å². The summed E-state index contributed by atoms with van der Waals surface area (Å²) in [7, 11) is 0. The van der Waals surface area contributed by atoms with Crippen LogP contribution in [0.3, 0.4) is 0 Å². The molecule has 0 spiro atoms. The second kappa shape index (κ2) is 16.0. The Kier molecular flexibility index (Phi) is 13.8. The van der Waals surface area contributed by atoms with Crippen LogP contribution in [0.5, 0.6) is 0 Å². The van der Waals surface area contributed by atoms with Crippen LogP contribution in [-0.4, -0.2) is 81.8 Å². The van der Waals surface area contributed by atoms with E-state index in [4.69, 9.17) is 10.8 Å². The summed E-state index contributed by atoms with van der Waals surface area (Å²) in [6, 6.07) is 4.31. The highest BCUT2D eigenvalue weighted by molar-refractivity contribution is 7.98. The molecule has 0 aliphatic heterocycles. The minimum atomic E-state index is -1.27. The Morgan fingerprint density at radius 2 is 1.49 bits per heavy atom. The maximum atomic E-state index is 13.1. The zero-order valence-electron chi connectivity index (χ0n) is 19.3. The van der Waals surface area contributed by atoms with Crippen molar-refractivity contribution in [1.82, 2.24) is 16.0 Å². The number of hydrogen-bond acceptors (Lipinski definition) is 8. The molecular formula is C22H32N4O7S2. The van der Waals surface area contributed by atoms with Crippen LogP contribution in [0.25, 0.3) is 0 Å². The smallest absolute Gasteiger partial charge is 0.327 e. The van der Waals surface area contributed by atoms with Gasteiger partial charge in [-0.15, -0.1) is 0 Å². The third-order valence-electron chi connectivity index (χ3n) is 4.96. The molecule has 1 aromatic carbocycles. The van der Waals surface area contributed by atoms with E-state index in [1.54, 1.807) is 30.3 Å². The van der Waals surface area contributed by atoms with Gasteiger partial charge in [-0.3, -0.25) is 19.2 Å². The summed E-state index contributed by atoms with van der Waals surface area (Å²) < 4.78 is 0. The molecular weight excluding hydrogens is 496 g/mol. The predicted molar refractivity (Wildman–Crippen MR) is 135 cm³/mol. The molecule has 0 aliphatic carbocycles. The molecule has 35 heavy (non-hydrogen) atoms. The van der Waals surface area contributed by atoms with Crippen molar-refractivity contribution in [3.05, 3.63) is 35.9 Å². The van der Waals surface area contributed by atoms with E-state index < -0.39 is 53.8 Å². The van der Waals surface area contributed by atoms with E-state index in [9.17, 15) is 29.1 Å². The lowest BCUT2D eigenvalue weighted by Gasteiger charge is -2.25. The molecule has 11 nitrogen and oxygen atoms in total. The Hall–Kier alpha value is -2.77. The van der Waals surface area contributed by atoms with Crippen molar-refractivity contribution in [2.24, 2.45) is 5.73 Å². The maximum Gasteiger partial charge on any atom is 0.327 e. The molecule has 1 rings (SSSR count). The van der Waals surface area contributed by atoms with Crippen molar-refractivity contribution in [3.63, 3.8) is 0 Å². The number of nitrogens with two attached hydrogens (primary N) is 1. The molecule has 0 aliphatic rings. The van der Waals surface area contributed by atoms with Gasteiger partial charge in [0.1, 0.15) is 18.1 Å². The first-order chi connectivity index (χ1) is 16.6. The first kappa shape index (κ1) is 30.3. The molecule has 0 saturated carbocycles. The average molecular weight is 529 g/mol. The second-order valence-corrected chi connectivity index (χ2v) is 9.07. The highest BCUT2D eigenvalue weighted by Gasteiger charge is 2.30. The summed E-state index contributed by atoms with van der Waals surface area (Å²) in [5, 5.41) is 25.5. The van der Waals surface area contributed by atoms with Crippen LogP contribution >= 0.6 is 24.4 Å². The molecule has 0 fully saturated rings. The van der Waals surface area contributed by atoms with Crippen LogP contribution in [0.1, 0.15) is 24.8 Å². The Morgan fingerprint density at radius 3 is 2.03 bits per heavy atom. The van der Waals surface area contributed by atoms with Gasteiger partial charge in [0.25, 0.3) is 0 Å². The number of carboxylic acids is 2. The highest BCUT2D eigenvalue weighted by atomic mass is 32.2. The van der Waals surface area contributed by atoms with Crippen LogP contribution in [0, 0.1) is 0 Å². The van der Waals surface area contributed by atoms with Crippen LogP contribution < -0.4 is 21.7 Å². The lowest BCUT2D eigenvalue weighted by molar-refractivity contribution is -0.141. The lowest BCUT2D eigenvalue weighted by Crippen LogP contribution is -2.58. The predicted octanol–water partition coefficient (Wildman–Crippen LogP) is -0.357. The fourth-order valence-corrected chi connectivity index (χ4v) is 3.70. The van der Waals surface area contributed by atoms with Crippen molar-refractivity contribution < 1.29 is 34.2 Å². The minimum Gasteiger partial charge on any atom is -0.481 e. The number of carboxylic acid groups (broad SMARTS) is 2. The number of carbonyl (C=O) groups excluding carboxylic acids is 3. The Bertz CT molecular complexity index is 873. The second-order valence-electron chi connectivity index (χ2n) is 7.71. The first-order valence-electron chi connectivity index (χ1n) is 10.8. The summed E-state index contributed by atoms with van der Waals surface area (Å²) in [6.07, 6.45) is 1.74. The van der Waals surface area contributed by atoms with Gasteiger partial charge >= 0.3 is 11.9 Å². The fraction of sp³-hybridized carbons (Fsp3) is 0.500. The van der Waals surface area contributed by atoms with Gasteiger partial charge in [-0.1, -0.05) is 30.3 Å². The van der Waals surface area contributed by atoms with E-state index in [0.29, 0.717) is 5.75 Å². The molecule has 4 unspecified atom stereocenters. The van der Waals surface area contributed by atoms with Crippen LogP contribution in [0.2, 0.25) is 0 Å². The molecule has 0 heterocycles. The molecule has 4 atom stereocenters. The van der Waals surface area contributed by atoms with E-state index in [1.165, 1.54) is 11.8 Å². The number of amides is 3. The Balaban J connectivity index is 3.02. The first-order valence-corrected chi connectivity index (χ1v) is 12.9. The summed E-state index contributed by atoms with van der Waals surface area (Å²) in [5.74, 6) is -4.03. The molecule has 0 bridgehead atoms. The number of thioether (sulfide) groups is 1. The van der Waals surface area contributed by atoms with Crippen LogP contribution in [0.4, 0.5) is 0 Å². The number of rotatable bonds is 16. The van der Waals surface area contributed by atoms with Crippen LogP contribution in [0.15, 0.2) is 30.3 Å². The molecule has 0 aromatic heterocycles. The molecule has 0 saturated heterocycles. The number of aliphatic carboxylic acids is 2. The van der Waals surface area contributed by atoms with Gasteiger partial charge in [0, 0.05) is 18.6 Å². The quantitative estimate of drug-likeness (QED) is 0.141. The zero-order valence-corrected chi connectivity index (χ0v) is 21.0. The third kappa shape index (κ3) is 11.5. The van der Waals surface area contributed by atoms with E-state index in [-0.39, 0.29) is 31.4 Å². The standard InChI is InChI=1S/C22H32N4O7S2/c1-35-10-9-15(24-19(29)14(23)7-8-18(27)28)20(30)25-16(11-13-5-3-2-4-6-13)21(31)26-17(12-34)22(32)33/h2-6,14-17,34H,7-12,23H2,1H3,(H,24,29)(H,25,30)(H,26,31)(H,27,28)(H,32,33). The summed E-state index contributed by atoms with van der Waals surface area (Å²) >= 11 is 5.39. The molecule has 7 N–H and O–H groups in total. The van der Waals surface area contributed by atoms with Gasteiger partial charge < -0.3 is 31.9 Å². The van der Waals surface area contributed by atoms with E-state index in [2.05, 4.69) is 28.6 Å². The van der Waals surface area contributed by atoms with Crippen LogP contribution in [-0.2, 0) is 30.4 Å². The van der Waals surface area contributed by atoms with E-state index in [0.717, 1.165) is 5.56 Å². The lowest BCUT2D eigenvalue weighted by atomic mass is 10.0. The number of carbonyl (C=O) groups is 5. The van der Waals surface area contributed by atoms with Gasteiger partial charge in [0.2, 0.25) is 17.7 Å². The van der Waals surface area contributed by atoms with E-state index >= 15 is 0 Å². The number of benzene rings is 1. The Morgan fingerprint density at radius 1 is 0.914 bits per heavy atom. The molecule has 0 radical (unpaired) electrons. The van der Waals surface area contributed by atoms with Gasteiger partial charge in [-0.05, 0) is 30.4 Å². The Labute approximate surface area is 213 Å². The number of hydrogen-bond donors (Lipinski definition) is 7. The third-order valence-corrected chi connectivity index (χ3v) is 5.97. The van der Waals surface area contributed by atoms with Crippen molar-refractivity contribution >= 4 is 54.1 Å². The molecule has 3 amide bonds. The topological polar surface area (TPSA) is 188 Å². The van der Waals surface area contributed by atoms with Gasteiger partial charge in [-0.25, -0.2) is 4.79 Å². The number of nitrogens with one attached hydrogen (secondary N) is 3. The average Bonchev–Trinajstić information content (AvgIpc) is 2.82. The molecule has 1 aromatic rings. The monoisotopic (exact) mass is 528 g/mol. The highest BCUT2D eigenvalue weighted by Crippen LogP contribution is 2.07.